The van der Waals surface area contributed by atoms with Gasteiger partial charge in [0.15, 0.2) is 5.96 Å². The van der Waals surface area contributed by atoms with E-state index in [9.17, 15) is 13.2 Å². The summed E-state index contributed by atoms with van der Waals surface area (Å²) in [6.07, 6.45) is 4.05. The lowest BCUT2D eigenvalue weighted by molar-refractivity contribution is -0.127. The molecule has 0 atom stereocenters. The minimum atomic E-state index is -3.29. The Morgan fingerprint density at radius 1 is 1.13 bits per heavy atom. The van der Waals surface area contributed by atoms with Crippen LogP contribution >= 0.6 is 24.0 Å². The van der Waals surface area contributed by atoms with Crippen LogP contribution in [0.3, 0.4) is 0 Å². The largest absolute Gasteiger partial charge is 0.378 e. The second-order valence-electron chi connectivity index (χ2n) is 7.87. The highest BCUT2D eigenvalue weighted by Crippen LogP contribution is 2.26. The Bertz CT molecular complexity index is 647. The zero-order valence-corrected chi connectivity index (χ0v) is 21.6. The van der Waals surface area contributed by atoms with Crippen molar-refractivity contribution >= 4 is 45.9 Å². The minimum Gasteiger partial charge on any atom is -0.378 e. The van der Waals surface area contributed by atoms with Crippen LogP contribution in [0.4, 0.5) is 0 Å². The van der Waals surface area contributed by atoms with Gasteiger partial charge in [-0.05, 0) is 33.1 Å². The maximum atomic E-state index is 12.4. The van der Waals surface area contributed by atoms with E-state index in [0.717, 1.165) is 31.6 Å². The Labute approximate surface area is 198 Å². The SMILES string of the molecule is CN=C(NCCCNC(=O)C1CCC1)N1CCN(S(=O)(=O)CCOC(C)C)CC1.I. The van der Waals surface area contributed by atoms with Crippen molar-refractivity contribution in [2.75, 3.05) is 58.7 Å². The van der Waals surface area contributed by atoms with Crippen LogP contribution < -0.4 is 10.6 Å². The van der Waals surface area contributed by atoms with Crippen molar-refractivity contribution < 1.29 is 17.9 Å². The Kier molecular flexibility index (Phi) is 12.5. The molecule has 1 saturated carbocycles. The van der Waals surface area contributed by atoms with Gasteiger partial charge >= 0.3 is 0 Å². The summed E-state index contributed by atoms with van der Waals surface area (Å²) >= 11 is 0. The quantitative estimate of drug-likeness (QED) is 0.178. The number of halogens is 1. The molecule has 176 valence electrons. The molecule has 11 heteroatoms. The van der Waals surface area contributed by atoms with Gasteiger partial charge in [-0.25, -0.2) is 8.42 Å². The number of aliphatic imine (C=N–C) groups is 1. The lowest BCUT2D eigenvalue weighted by Crippen LogP contribution is -2.54. The molecule has 0 aromatic heterocycles. The van der Waals surface area contributed by atoms with Crippen molar-refractivity contribution in [3.05, 3.63) is 0 Å². The molecular weight excluding hydrogens is 521 g/mol. The van der Waals surface area contributed by atoms with Gasteiger partial charge in [-0.2, -0.15) is 4.31 Å². The molecule has 1 aliphatic heterocycles. The molecule has 2 aliphatic rings. The second kappa shape index (κ2) is 13.7. The van der Waals surface area contributed by atoms with E-state index < -0.39 is 10.0 Å². The first-order chi connectivity index (χ1) is 13.8. The fourth-order valence-electron chi connectivity index (χ4n) is 3.34. The maximum absolute atomic E-state index is 12.4. The lowest BCUT2D eigenvalue weighted by atomic mass is 9.85. The average molecular weight is 560 g/mol. The summed E-state index contributed by atoms with van der Waals surface area (Å²) in [6, 6.07) is 0. The Morgan fingerprint density at radius 3 is 2.30 bits per heavy atom. The summed E-state index contributed by atoms with van der Waals surface area (Å²) in [4.78, 5) is 18.2. The average Bonchev–Trinajstić information content (AvgIpc) is 2.63. The van der Waals surface area contributed by atoms with Crippen molar-refractivity contribution in [1.29, 1.82) is 0 Å². The number of nitrogens with one attached hydrogen (secondary N) is 2. The van der Waals surface area contributed by atoms with Gasteiger partial charge in [0.1, 0.15) is 0 Å². The first kappa shape index (κ1) is 27.4. The highest BCUT2D eigenvalue weighted by molar-refractivity contribution is 14.0. The monoisotopic (exact) mass is 559 g/mol. The first-order valence-corrected chi connectivity index (χ1v) is 12.3. The van der Waals surface area contributed by atoms with Gasteiger partial charge in [0.05, 0.1) is 18.5 Å². The van der Waals surface area contributed by atoms with Crippen LogP contribution in [0.25, 0.3) is 0 Å². The second-order valence-corrected chi connectivity index (χ2v) is 9.96. The molecular formula is C19H38IN5O4S. The molecule has 0 aromatic carbocycles. The molecule has 1 saturated heterocycles. The Morgan fingerprint density at radius 2 is 1.77 bits per heavy atom. The smallest absolute Gasteiger partial charge is 0.223 e. The zero-order valence-electron chi connectivity index (χ0n) is 18.4. The van der Waals surface area contributed by atoms with Gasteiger partial charge in [0, 0.05) is 52.2 Å². The summed E-state index contributed by atoms with van der Waals surface area (Å²) in [5.74, 6) is 1.19. The number of guanidine groups is 1. The van der Waals surface area contributed by atoms with Crippen molar-refractivity contribution in [1.82, 2.24) is 19.8 Å². The number of ether oxygens (including phenoxy) is 1. The van der Waals surface area contributed by atoms with E-state index in [2.05, 4.69) is 20.5 Å². The molecule has 1 aliphatic carbocycles. The highest BCUT2D eigenvalue weighted by Gasteiger charge is 2.28. The first-order valence-electron chi connectivity index (χ1n) is 10.7. The summed E-state index contributed by atoms with van der Waals surface area (Å²) in [5.41, 5.74) is 0. The Hall–Kier alpha value is -0.660. The molecule has 2 fully saturated rings. The third-order valence-electron chi connectivity index (χ3n) is 5.35. The van der Waals surface area contributed by atoms with Crippen LogP contribution in [0.15, 0.2) is 4.99 Å². The molecule has 1 heterocycles. The van der Waals surface area contributed by atoms with Crippen molar-refractivity contribution in [2.45, 2.75) is 45.6 Å². The number of carbonyl (C=O) groups excluding carboxylic acids is 1. The molecule has 1 amide bonds. The fraction of sp³-hybridized carbons (Fsp3) is 0.895. The molecule has 0 radical (unpaired) electrons. The standard InChI is InChI=1S/C19H37N5O4S.HI/c1-16(2)28-14-15-29(26,27)24-12-10-23(11-13-24)19(20-3)22-9-5-8-21-18(25)17-6-4-7-17;/h16-17H,4-15H2,1-3H3,(H,20,22)(H,21,25);1H. The van der Waals surface area contributed by atoms with Gasteiger partial charge in [-0.15, -0.1) is 24.0 Å². The van der Waals surface area contributed by atoms with E-state index >= 15 is 0 Å². The van der Waals surface area contributed by atoms with Crippen LogP contribution in [-0.2, 0) is 19.6 Å². The zero-order chi connectivity index (χ0) is 21.3. The topological polar surface area (TPSA) is 103 Å². The molecule has 0 spiro atoms. The molecule has 9 nitrogen and oxygen atoms in total. The molecule has 0 aromatic rings. The molecule has 0 unspecified atom stereocenters. The van der Waals surface area contributed by atoms with Crippen molar-refractivity contribution in [2.24, 2.45) is 10.9 Å². The molecule has 30 heavy (non-hydrogen) atoms. The third-order valence-corrected chi connectivity index (χ3v) is 7.18. The number of nitrogens with zero attached hydrogens (tertiary/aromatic N) is 3. The van der Waals surface area contributed by atoms with E-state index in [4.69, 9.17) is 4.74 Å². The number of hydrogen-bond acceptors (Lipinski definition) is 5. The van der Waals surface area contributed by atoms with Crippen LogP contribution in [0.5, 0.6) is 0 Å². The number of sulfonamides is 1. The number of hydrogen-bond donors (Lipinski definition) is 2. The highest BCUT2D eigenvalue weighted by atomic mass is 127. The minimum absolute atomic E-state index is 0. The van der Waals surface area contributed by atoms with Gasteiger partial charge in [-0.1, -0.05) is 6.42 Å². The van der Waals surface area contributed by atoms with Crippen molar-refractivity contribution in [3.63, 3.8) is 0 Å². The normalized spacial score (nSPS) is 18.7. The summed E-state index contributed by atoms with van der Waals surface area (Å²) in [6.45, 7) is 7.47. The molecule has 2 N–H and O–H groups in total. The van der Waals surface area contributed by atoms with Crippen LogP contribution in [0.2, 0.25) is 0 Å². The predicted molar refractivity (Wildman–Crippen MR) is 130 cm³/mol. The summed E-state index contributed by atoms with van der Waals surface area (Å²) in [7, 11) is -1.56. The number of rotatable bonds is 10. The summed E-state index contributed by atoms with van der Waals surface area (Å²) < 4.78 is 31.8. The number of amides is 1. The van der Waals surface area contributed by atoms with E-state index in [1.165, 1.54) is 4.31 Å². The fourth-order valence-corrected chi connectivity index (χ4v) is 4.63. The van der Waals surface area contributed by atoms with E-state index in [0.29, 0.717) is 39.3 Å². The van der Waals surface area contributed by atoms with Gasteiger partial charge in [0.25, 0.3) is 0 Å². The predicted octanol–water partition coefficient (Wildman–Crippen LogP) is 0.859. The summed E-state index contributed by atoms with van der Waals surface area (Å²) in [5, 5.41) is 6.29. The van der Waals surface area contributed by atoms with E-state index in [1.54, 1.807) is 7.05 Å². The van der Waals surface area contributed by atoms with Crippen LogP contribution in [-0.4, -0.2) is 94.3 Å². The van der Waals surface area contributed by atoms with E-state index in [1.807, 2.05) is 13.8 Å². The Balaban J connectivity index is 0.00000450. The van der Waals surface area contributed by atoms with Crippen LogP contribution in [0.1, 0.15) is 39.5 Å². The number of piperazine rings is 1. The van der Waals surface area contributed by atoms with Gasteiger partial charge in [-0.3, -0.25) is 9.79 Å². The maximum Gasteiger partial charge on any atom is 0.223 e. The van der Waals surface area contributed by atoms with Crippen molar-refractivity contribution in [3.8, 4) is 0 Å². The number of carbonyl (C=O) groups is 1. The van der Waals surface area contributed by atoms with Gasteiger partial charge in [0.2, 0.25) is 15.9 Å². The van der Waals surface area contributed by atoms with Crippen LogP contribution in [0, 0.1) is 5.92 Å². The lowest BCUT2D eigenvalue weighted by Gasteiger charge is -2.35. The van der Waals surface area contributed by atoms with E-state index in [-0.39, 0.29) is 54.3 Å². The molecule has 0 bridgehead atoms. The third kappa shape index (κ3) is 8.83. The molecule has 2 rings (SSSR count). The van der Waals surface area contributed by atoms with Gasteiger partial charge < -0.3 is 20.3 Å².